The van der Waals surface area contributed by atoms with Gasteiger partial charge in [0.05, 0.1) is 11.6 Å². The predicted octanol–water partition coefficient (Wildman–Crippen LogP) is 1.12. The average Bonchev–Trinajstić information content (AvgIpc) is 2.27. The van der Waals surface area contributed by atoms with Gasteiger partial charge in [-0.3, -0.25) is 9.59 Å². The van der Waals surface area contributed by atoms with Crippen LogP contribution in [0.4, 0.5) is 5.69 Å². The van der Waals surface area contributed by atoms with Crippen LogP contribution < -0.4 is 16.6 Å². The van der Waals surface area contributed by atoms with Gasteiger partial charge in [0, 0.05) is 17.1 Å². The number of nitrogens with one attached hydrogen (secondary N) is 2. The topological polar surface area (TPSA) is 88.0 Å². The van der Waals surface area contributed by atoms with Crippen molar-refractivity contribution >= 4 is 22.5 Å². The minimum absolute atomic E-state index is 0.157. The van der Waals surface area contributed by atoms with E-state index in [-0.39, 0.29) is 11.5 Å². The molecule has 4 N–H and O–H groups in total. The molecule has 5 nitrogen and oxygen atoms in total. The lowest BCUT2D eigenvalue weighted by Crippen LogP contribution is -2.32. The molecule has 0 saturated carbocycles. The van der Waals surface area contributed by atoms with E-state index in [9.17, 15) is 9.59 Å². The molecule has 5 heteroatoms. The molecule has 94 valence electrons. The Bertz CT molecular complexity index is 659. The molecule has 1 aromatic carbocycles. The van der Waals surface area contributed by atoms with Gasteiger partial charge in [-0.05, 0) is 31.5 Å². The van der Waals surface area contributed by atoms with Gasteiger partial charge in [-0.15, -0.1) is 0 Å². The Morgan fingerprint density at radius 1 is 1.39 bits per heavy atom. The quantitative estimate of drug-likeness (QED) is 0.740. The van der Waals surface area contributed by atoms with Crippen molar-refractivity contribution in [2.24, 2.45) is 5.73 Å². The fourth-order valence-electron chi connectivity index (χ4n) is 1.77. The Morgan fingerprint density at radius 2 is 2.11 bits per heavy atom. The standard InChI is InChI=1S/C13H15N3O2/c1-7-5-12(17)16-11-6-9(3-4-10(7)11)15-13(18)8(2)14/h3-6,8H,14H2,1-2H3,(H,15,18)(H,16,17)/t8-/m0/s1. The monoisotopic (exact) mass is 245 g/mol. The Balaban J connectivity index is 2.44. The minimum Gasteiger partial charge on any atom is -0.325 e. The van der Waals surface area contributed by atoms with Crippen molar-refractivity contribution in [2.45, 2.75) is 19.9 Å². The van der Waals surface area contributed by atoms with Gasteiger partial charge in [-0.25, -0.2) is 0 Å². The molecule has 0 aliphatic heterocycles. The molecule has 18 heavy (non-hydrogen) atoms. The summed E-state index contributed by atoms with van der Waals surface area (Å²) in [6.45, 7) is 3.49. The van der Waals surface area contributed by atoms with E-state index in [4.69, 9.17) is 5.73 Å². The first kappa shape index (κ1) is 12.3. The molecule has 1 heterocycles. The van der Waals surface area contributed by atoms with Gasteiger partial charge in [0.1, 0.15) is 0 Å². The second kappa shape index (κ2) is 4.62. The molecule has 0 spiro atoms. The molecule has 2 rings (SSSR count). The highest BCUT2D eigenvalue weighted by Gasteiger charge is 2.08. The third-order valence-corrected chi connectivity index (χ3v) is 2.73. The number of rotatable bonds is 2. The third kappa shape index (κ3) is 2.41. The first-order valence-corrected chi connectivity index (χ1v) is 5.67. The Labute approximate surface area is 104 Å². The minimum atomic E-state index is -0.572. The highest BCUT2D eigenvalue weighted by Crippen LogP contribution is 2.19. The smallest absolute Gasteiger partial charge is 0.248 e. The molecule has 0 bridgehead atoms. The predicted molar refractivity (Wildman–Crippen MR) is 71.6 cm³/mol. The fourth-order valence-corrected chi connectivity index (χ4v) is 1.77. The van der Waals surface area contributed by atoms with Crippen LogP contribution in [0.25, 0.3) is 10.9 Å². The summed E-state index contributed by atoms with van der Waals surface area (Å²) in [7, 11) is 0. The fraction of sp³-hybridized carbons (Fsp3) is 0.231. The molecule has 0 aliphatic carbocycles. The number of benzene rings is 1. The SMILES string of the molecule is Cc1cc(=O)[nH]c2cc(NC(=O)[C@H](C)N)ccc12. The van der Waals surface area contributed by atoms with Gasteiger partial charge >= 0.3 is 0 Å². The van der Waals surface area contributed by atoms with Crippen molar-refractivity contribution in [3.63, 3.8) is 0 Å². The zero-order chi connectivity index (χ0) is 13.3. The van der Waals surface area contributed by atoms with Gasteiger partial charge < -0.3 is 16.0 Å². The second-order valence-electron chi connectivity index (χ2n) is 4.35. The molecular formula is C13H15N3O2. The number of hydrogen-bond acceptors (Lipinski definition) is 3. The first-order chi connectivity index (χ1) is 8.47. The number of carbonyl (C=O) groups excluding carboxylic acids is 1. The van der Waals surface area contributed by atoms with Crippen molar-refractivity contribution in [2.75, 3.05) is 5.32 Å². The number of amides is 1. The van der Waals surface area contributed by atoms with Crippen LogP contribution in [-0.4, -0.2) is 16.9 Å². The number of pyridine rings is 1. The van der Waals surface area contributed by atoms with E-state index >= 15 is 0 Å². The number of anilines is 1. The number of hydrogen-bond donors (Lipinski definition) is 3. The lowest BCUT2D eigenvalue weighted by atomic mass is 10.1. The summed E-state index contributed by atoms with van der Waals surface area (Å²) in [5, 5.41) is 3.64. The summed E-state index contributed by atoms with van der Waals surface area (Å²) in [4.78, 5) is 25.6. The van der Waals surface area contributed by atoms with Gasteiger partial charge in [-0.2, -0.15) is 0 Å². The van der Waals surface area contributed by atoms with Crippen molar-refractivity contribution in [1.82, 2.24) is 4.98 Å². The van der Waals surface area contributed by atoms with Gasteiger partial charge in [-0.1, -0.05) is 6.07 Å². The van der Waals surface area contributed by atoms with E-state index < -0.39 is 6.04 Å². The van der Waals surface area contributed by atoms with Crippen LogP contribution in [0.1, 0.15) is 12.5 Å². The van der Waals surface area contributed by atoms with Crippen LogP contribution in [0, 0.1) is 6.92 Å². The highest BCUT2D eigenvalue weighted by atomic mass is 16.2. The maximum Gasteiger partial charge on any atom is 0.248 e. The molecule has 1 atom stereocenters. The molecule has 0 aliphatic rings. The maximum absolute atomic E-state index is 11.5. The van der Waals surface area contributed by atoms with Crippen LogP contribution in [0.3, 0.4) is 0 Å². The van der Waals surface area contributed by atoms with E-state index in [1.165, 1.54) is 0 Å². The maximum atomic E-state index is 11.5. The van der Waals surface area contributed by atoms with E-state index in [0.29, 0.717) is 11.2 Å². The van der Waals surface area contributed by atoms with Crippen LogP contribution in [0.5, 0.6) is 0 Å². The van der Waals surface area contributed by atoms with E-state index in [0.717, 1.165) is 10.9 Å². The summed E-state index contributed by atoms with van der Waals surface area (Å²) in [5.74, 6) is -0.260. The van der Waals surface area contributed by atoms with E-state index in [1.54, 1.807) is 25.1 Å². The van der Waals surface area contributed by atoms with Crippen LogP contribution >= 0.6 is 0 Å². The number of fused-ring (bicyclic) bond motifs is 1. The number of H-pyrrole nitrogens is 1. The number of aryl methyl sites for hydroxylation is 1. The summed E-state index contributed by atoms with van der Waals surface area (Å²) in [6, 6.07) is 6.34. The molecule has 2 aromatic rings. The summed E-state index contributed by atoms with van der Waals surface area (Å²) < 4.78 is 0. The number of nitrogens with two attached hydrogens (primary N) is 1. The van der Waals surface area contributed by atoms with Crippen LogP contribution in [0.15, 0.2) is 29.1 Å². The molecule has 0 fully saturated rings. The summed E-state index contributed by atoms with van der Waals surface area (Å²) in [6.07, 6.45) is 0. The van der Waals surface area contributed by atoms with Crippen molar-refractivity contribution in [3.8, 4) is 0 Å². The molecule has 0 radical (unpaired) electrons. The zero-order valence-corrected chi connectivity index (χ0v) is 10.3. The van der Waals surface area contributed by atoms with Crippen molar-refractivity contribution in [1.29, 1.82) is 0 Å². The zero-order valence-electron chi connectivity index (χ0n) is 10.3. The summed E-state index contributed by atoms with van der Waals surface area (Å²) in [5.41, 5.74) is 7.53. The van der Waals surface area contributed by atoms with Gasteiger partial charge in [0.25, 0.3) is 0 Å². The number of aromatic nitrogens is 1. The summed E-state index contributed by atoms with van der Waals surface area (Å²) >= 11 is 0. The third-order valence-electron chi connectivity index (χ3n) is 2.73. The molecule has 1 amide bonds. The largest absolute Gasteiger partial charge is 0.325 e. The molecular weight excluding hydrogens is 230 g/mol. The van der Waals surface area contributed by atoms with E-state index in [2.05, 4.69) is 10.3 Å². The van der Waals surface area contributed by atoms with Gasteiger partial charge in [0.2, 0.25) is 11.5 Å². The second-order valence-corrected chi connectivity index (χ2v) is 4.35. The molecule has 1 aromatic heterocycles. The van der Waals surface area contributed by atoms with Crippen LogP contribution in [-0.2, 0) is 4.79 Å². The normalized spacial score (nSPS) is 12.4. The van der Waals surface area contributed by atoms with E-state index in [1.807, 2.05) is 13.0 Å². The van der Waals surface area contributed by atoms with Gasteiger partial charge in [0.15, 0.2) is 0 Å². The van der Waals surface area contributed by atoms with Crippen LogP contribution in [0.2, 0.25) is 0 Å². The Morgan fingerprint density at radius 3 is 2.78 bits per heavy atom. The Hall–Kier alpha value is -2.14. The molecule has 0 saturated heterocycles. The highest BCUT2D eigenvalue weighted by molar-refractivity contribution is 5.96. The van der Waals surface area contributed by atoms with Crippen molar-refractivity contribution in [3.05, 3.63) is 40.2 Å². The number of carbonyl (C=O) groups is 1. The first-order valence-electron chi connectivity index (χ1n) is 5.67. The Kier molecular flexibility index (Phi) is 3.16. The lowest BCUT2D eigenvalue weighted by molar-refractivity contribution is -0.117. The lowest BCUT2D eigenvalue weighted by Gasteiger charge is -2.09. The molecule has 0 unspecified atom stereocenters. The number of aromatic amines is 1. The van der Waals surface area contributed by atoms with Crippen molar-refractivity contribution < 1.29 is 4.79 Å². The average molecular weight is 245 g/mol.